The van der Waals surface area contributed by atoms with Gasteiger partial charge in [-0.05, 0) is 56.1 Å². The van der Waals surface area contributed by atoms with Crippen molar-refractivity contribution < 1.29 is 4.79 Å². The van der Waals surface area contributed by atoms with Crippen molar-refractivity contribution >= 4 is 17.5 Å². The van der Waals surface area contributed by atoms with E-state index in [1.165, 1.54) is 11.1 Å². The fourth-order valence-electron chi connectivity index (χ4n) is 3.88. The molecule has 0 saturated carbocycles. The first kappa shape index (κ1) is 14.9. The Kier molecular flexibility index (Phi) is 4.84. The quantitative estimate of drug-likeness (QED) is 0.775. The molecule has 0 radical (unpaired) electrons. The summed E-state index contributed by atoms with van der Waals surface area (Å²) < 4.78 is 0. The van der Waals surface area contributed by atoms with Gasteiger partial charge in [-0.25, -0.2) is 0 Å². The third kappa shape index (κ3) is 3.26. The van der Waals surface area contributed by atoms with Gasteiger partial charge < -0.3 is 4.90 Å². The fraction of sp³-hybridized carbons (Fsp3) is 0.611. The second kappa shape index (κ2) is 6.83. The molecule has 1 aliphatic heterocycles. The van der Waals surface area contributed by atoms with Crippen LogP contribution in [0.25, 0.3) is 0 Å². The molecule has 1 saturated heterocycles. The average Bonchev–Trinajstić information content (AvgIpc) is 3.00. The molecule has 0 bridgehead atoms. The van der Waals surface area contributed by atoms with Gasteiger partial charge in [-0.15, -0.1) is 11.6 Å². The zero-order chi connectivity index (χ0) is 14.7. The van der Waals surface area contributed by atoms with Gasteiger partial charge in [0.1, 0.15) is 0 Å². The topological polar surface area (TPSA) is 20.3 Å². The molecule has 2 atom stereocenters. The highest BCUT2D eigenvalue weighted by atomic mass is 35.5. The van der Waals surface area contributed by atoms with E-state index in [1.54, 1.807) is 0 Å². The van der Waals surface area contributed by atoms with E-state index in [0.717, 1.165) is 51.5 Å². The Hall–Kier alpha value is -1.02. The highest BCUT2D eigenvalue weighted by molar-refractivity contribution is 6.17. The van der Waals surface area contributed by atoms with Crippen LogP contribution in [0, 0.1) is 5.92 Å². The Morgan fingerprint density at radius 3 is 2.86 bits per heavy atom. The Bertz CT molecular complexity index is 502. The Morgan fingerprint density at radius 1 is 1.24 bits per heavy atom. The van der Waals surface area contributed by atoms with Crippen molar-refractivity contribution in [3.63, 3.8) is 0 Å². The van der Waals surface area contributed by atoms with Crippen molar-refractivity contribution in [2.75, 3.05) is 12.4 Å². The number of likely N-dealkylation sites (tertiary alicyclic amines) is 1. The molecule has 114 valence electrons. The van der Waals surface area contributed by atoms with Crippen LogP contribution in [0.3, 0.4) is 0 Å². The third-order valence-corrected chi connectivity index (χ3v) is 5.29. The van der Waals surface area contributed by atoms with E-state index in [9.17, 15) is 4.79 Å². The van der Waals surface area contributed by atoms with Gasteiger partial charge in [0.2, 0.25) is 5.91 Å². The number of halogens is 1. The predicted octanol–water partition coefficient (Wildman–Crippen LogP) is 3.80. The molecular weight excluding hydrogens is 282 g/mol. The van der Waals surface area contributed by atoms with Crippen LogP contribution < -0.4 is 0 Å². The van der Waals surface area contributed by atoms with Crippen molar-refractivity contribution in [1.29, 1.82) is 0 Å². The van der Waals surface area contributed by atoms with E-state index in [4.69, 9.17) is 11.6 Å². The minimum absolute atomic E-state index is 0.191. The summed E-state index contributed by atoms with van der Waals surface area (Å²) in [4.78, 5) is 15.0. The monoisotopic (exact) mass is 305 g/mol. The summed E-state index contributed by atoms with van der Waals surface area (Å²) >= 11 is 5.81. The number of hydrogen-bond acceptors (Lipinski definition) is 1. The molecule has 2 aliphatic rings. The highest BCUT2D eigenvalue weighted by Crippen LogP contribution is 2.30. The lowest BCUT2D eigenvalue weighted by Crippen LogP contribution is -2.41. The van der Waals surface area contributed by atoms with Crippen molar-refractivity contribution in [3.8, 4) is 0 Å². The Morgan fingerprint density at radius 2 is 2.05 bits per heavy atom. The molecule has 1 aromatic rings. The van der Waals surface area contributed by atoms with Gasteiger partial charge in [-0.1, -0.05) is 24.3 Å². The van der Waals surface area contributed by atoms with Crippen LogP contribution in [0.1, 0.15) is 43.2 Å². The fourth-order valence-corrected chi connectivity index (χ4v) is 4.04. The van der Waals surface area contributed by atoms with Gasteiger partial charge in [0.15, 0.2) is 0 Å². The van der Waals surface area contributed by atoms with Crippen LogP contribution in [0.2, 0.25) is 0 Å². The van der Waals surface area contributed by atoms with E-state index < -0.39 is 0 Å². The molecule has 0 N–H and O–H groups in total. The number of fused-ring (bicyclic) bond motifs is 1. The van der Waals surface area contributed by atoms with Gasteiger partial charge in [0.25, 0.3) is 0 Å². The Labute approximate surface area is 132 Å². The SMILES string of the molecule is O=C(C1CCc2ccccc2C1)N1CCCC1CCCCl. The van der Waals surface area contributed by atoms with Gasteiger partial charge in [0, 0.05) is 24.4 Å². The summed E-state index contributed by atoms with van der Waals surface area (Å²) in [5, 5.41) is 0. The highest BCUT2D eigenvalue weighted by Gasteiger charge is 2.34. The van der Waals surface area contributed by atoms with Gasteiger partial charge in [0.05, 0.1) is 0 Å². The lowest BCUT2D eigenvalue weighted by Gasteiger charge is -2.31. The van der Waals surface area contributed by atoms with E-state index in [0.29, 0.717) is 17.8 Å². The molecule has 1 fully saturated rings. The Balaban J connectivity index is 1.66. The molecule has 21 heavy (non-hydrogen) atoms. The number of alkyl halides is 1. The van der Waals surface area contributed by atoms with E-state index in [-0.39, 0.29) is 5.92 Å². The van der Waals surface area contributed by atoms with E-state index in [1.807, 2.05) is 0 Å². The molecular formula is C18H24ClNO. The maximum atomic E-state index is 12.9. The lowest BCUT2D eigenvalue weighted by molar-refractivity contribution is -0.136. The van der Waals surface area contributed by atoms with Crippen molar-refractivity contribution in [2.24, 2.45) is 5.92 Å². The molecule has 1 heterocycles. The smallest absolute Gasteiger partial charge is 0.226 e. The molecule has 1 aliphatic carbocycles. The molecule has 2 unspecified atom stereocenters. The van der Waals surface area contributed by atoms with Crippen molar-refractivity contribution in [2.45, 2.75) is 51.0 Å². The molecule has 3 rings (SSSR count). The summed E-state index contributed by atoms with van der Waals surface area (Å²) in [6.07, 6.45) is 7.38. The molecule has 0 aromatic heterocycles. The molecule has 1 amide bonds. The minimum Gasteiger partial charge on any atom is -0.339 e. The zero-order valence-electron chi connectivity index (χ0n) is 12.6. The van der Waals surface area contributed by atoms with Crippen molar-refractivity contribution in [1.82, 2.24) is 4.90 Å². The number of rotatable bonds is 4. The summed E-state index contributed by atoms with van der Waals surface area (Å²) in [5.41, 5.74) is 2.81. The van der Waals surface area contributed by atoms with Crippen LogP contribution >= 0.6 is 11.6 Å². The first-order chi connectivity index (χ1) is 10.3. The summed E-state index contributed by atoms with van der Waals surface area (Å²) in [7, 11) is 0. The number of aryl methyl sites for hydroxylation is 1. The maximum Gasteiger partial charge on any atom is 0.226 e. The van der Waals surface area contributed by atoms with E-state index >= 15 is 0 Å². The number of carbonyl (C=O) groups is 1. The second-order valence-electron chi connectivity index (χ2n) is 6.37. The summed E-state index contributed by atoms with van der Waals surface area (Å²) in [6, 6.07) is 9.02. The third-order valence-electron chi connectivity index (χ3n) is 5.03. The van der Waals surface area contributed by atoms with Crippen LogP contribution in [0.15, 0.2) is 24.3 Å². The summed E-state index contributed by atoms with van der Waals surface area (Å²) in [6.45, 7) is 0.948. The molecule has 1 aromatic carbocycles. The number of carbonyl (C=O) groups excluding carboxylic acids is 1. The summed E-state index contributed by atoms with van der Waals surface area (Å²) in [5.74, 6) is 1.29. The van der Waals surface area contributed by atoms with Gasteiger partial charge in [-0.3, -0.25) is 4.79 Å². The second-order valence-corrected chi connectivity index (χ2v) is 6.75. The first-order valence-corrected chi connectivity index (χ1v) is 8.76. The molecule has 3 heteroatoms. The number of nitrogens with zero attached hydrogens (tertiary/aromatic N) is 1. The average molecular weight is 306 g/mol. The van der Waals surface area contributed by atoms with Crippen LogP contribution in [-0.4, -0.2) is 29.3 Å². The molecule has 0 spiro atoms. The standard InChI is InChI=1S/C18H24ClNO/c19-11-3-7-17-8-4-12-20(17)18(21)16-10-9-14-5-1-2-6-15(14)13-16/h1-2,5-6,16-17H,3-4,7-13H2. The number of hydrogen-bond donors (Lipinski definition) is 0. The normalized spacial score (nSPS) is 24.9. The maximum absolute atomic E-state index is 12.9. The van der Waals surface area contributed by atoms with Gasteiger partial charge in [-0.2, -0.15) is 0 Å². The largest absolute Gasteiger partial charge is 0.339 e. The van der Waals surface area contributed by atoms with Crippen LogP contribution in [0.4, 0.5) is 0 Å². The van der Waals surface area contributed by atoms with E-state index in [2.05, 4.69) is 29.2 Å². The minimum atomic E-state index is 0.191. The molecule has 2 nitrogen and oxygen atoms in total. The van der Waals surface area contributed by atoms with Crippen LogP contribution in [0.5, 0.6) is 0 Å². The first-order valence-electron chi connectivity index (χ1n) is 8.23. The van der Waals surface area contributed by atoms with Gasteiger partial charge >= 0.3 is 0 Å². The number of amides is 1. The lowest BCUT2D eigenvalue weighted by atomic mass is 9.83. The predicted molar refractivity (Wildman–Crippen MR) is 86.6 cm³/mol. The number of benzene rings is 1. The van der Waals surface area contributed by atoms with Crippen LogP contribution in [-0.2, 0) is 17.6 Å². The zero-order valence-corrected chi connectivity index (χ0v) is 13.3. The van der Waals surface area contributed by atoms with Crippen molar-refractivity contribution in [3.05, 3.63) is 35.4 Å².